The summed E-state index contributed by atoms with van der Waals surface area (Å²) >= 11 is 0. The van der Waals surface area contributed by atoms with Crippen LogP contribution in [0.2, 0.25) is 0 Å². The molecule has 0 aliphatic carbocycles. The van der Waals surface area contributed by atoms with Crippen LogP contribution < -0.4 is 10.6 Å². The number of carbonyl (C=O) groups excluding carboxylic acids is 3. The van der Waals surface area contributed by atoms with Crippen LogP contribution in [0.25, 0.3) is 0 Å². The molecule has 1 saturated heterocycles. The van der Waals surface area contributed by atoms with E-state index in [2.05, 4.69) is 20.1 Å². The molecule has 25 heavy (non-hydrogen) atoms. The Labute approximate surface area is 144 Å². The second-order valence-corrected chi connectivity index (χ2v) is 5.58. The van der Waals surface area contributed by atoms with Gasteiger partial charge < -0.3 is 30.1 Å². The first-order valence-corrected chi connectivity index (χ1v) is 7.62. The fourth-order valence-corrected chi connectivity index (χ4v) is 2.60. The SMILES string of the molecule is COC(=O)c1ccc(NC(=O)N(C)[C@H]2CNC[C@@H]2O)cc1C(=O)OC. The summed E-state index contributed by atoms with van der Waals surface area (Å²) in [5.74, 6) is -1.41. The minimum Gasteiger partial charge on any atom is -0.465 e. The molecule has 1 aliphatic heterocycles. The van der Waals surface area contributed by atoms with Gasteiger partial charge in [0.25, 0.3) is 0 Å². The van der Waals surface area contributed by atoms with Gasteiger partial charge in [-0.1, -0.05) is 0 Å². The van der Waals surface area contributed by atoms with E-state index in [-0.39, 0.29) is 17.2 Å². The molecular weight excluding hydrogens is 330 g/mol. The van der Waals surface area contributed by atoms with Gasteiger partial charge in [0.2, 0.25) is 0 Å². The fraction of sp³-hybridized carbons (Fsp3) is 0.438. The molecule has 1 aromatic rings. The quantitative estimate of drug-likeness (QED) is 0.657. The van der Waals surface area contributed by atoms with Crippen LogP contribution in [0.3, 0.4) is 0 Å². The van der Waals surface area contributed by atoms with E-state index in [1.165, 1.54) is 37.3 Å². The minimum absolute atomic E-state index is 0.0163. The number of urea groups is 1. The van der Waals surface area contributed by atoms with E-state index in [1.54, 1.807) is 7.05 Å². The van der Waals surface area contributed by atoms with Gasteiger partial charge in [-0.2, -0.15) is 0 Å². The number of benzene rings is 1. The maximum atomic E-state index is 12.3. The normalized spacial score (nSPS) is 19.2. The predicted octanol–water partition coefficient (Wildman–Crippen LogP) is 0.0562. The number of nitrogens with zero attached hydrogens (tertiary/aromatic N) is 1. The number of β-amino-alcohol motifs (C(OH)–C–C–N with tert-alkyl or cyclic N) is 1. The van der Waals surface area contributed by atoms with Crippen LogP contribution in [-0.2, 0) is 9.47 Å². The topological polar surface area (TPSA) is 117 Å². The number of nitrogens with one attached hydrogen (secondary N) is 2. The van der Waals surface area contributed by atoms with Crippen LogP contribution in [-0.4, -0.2) is 74.5 Å². The van der Waals surface area contributed by atoms with Gasteiger partial charge >= 0.3 is 18.0 Å². The summed E-state index contributed by atoms with van der Waals surface area (Å²) in [6, 6.07) is 3.39. The van der Waals surface area contributed by atoms with Crippen molar-refractivity contribution in [3.05, 3.63) is 29.3 Å². The van der Waals surface area contributed by atoms with Crippen molar-refractivity contribution >= 4 is 23.7 Å². The van der Waals surface area contributed by atoms with E-state index in [1.807, 2.05) is 0 Å². The summed E-state index contributed by atoms with van der Waals surface area (Å²) in [6.07, 6.45) is -0.650. The first kappa shape index (κ1) is 18.7. The molecule has 0 unspecified atom stereocenters. The number of anilines is 1. The molecular formula is C16H21N3O6. The van der Waals surface area contributed by atoms with E-state index in [9.17, 15) is 19.5 Å². The summed E-state index contributed by atoms with van der Waals surface area (Å²) in [5.41, 5.74) is 0.332. The summed E-state index contributed by atoms with van der Waals surface area (Å²) in [4.78, 5) is 37.4. The second-order valence-electron chi connectivity index (χ2n) is 5.58. The number of methoxy groups -OCH3 is 2. The summed E-state index contributed by atoms with van der Waals surface area (Å²) < 4.78 is 9.30. The van der Waals surface area contributed by atoms with Crippen LogP contribution in [0.15, 0.2) is 18.2 Å². The first-order chi connectivity index (χ1) is 11.9. The van der Waals surface area contributed by atoms with Crippen LogP contribution in [0.5, 0.6) is 0 Å². The lowest BCUT2D eigenvalue weighted by Gasteiger charge is -2.26. The maximum absolute atomic E-state index is 12.3. The van der Waals surface area contributed by atoms with E-state index < -0.39 is 24.1 Å². The number of rotatable bonds is 4. The van der Waals surface area contributed by atoms with Gasteiger partial charge in [0.05, 0.1) is 37.5 Å². The molecule has 2 rings (SSSR count). The number of amides is 2. The first-order valence-electron chi connectivity index (χ1n) is 7.62. The molecule has 0 saturated carbocycles. The number of aliphatic hydroxyl groups excluding tert-OH is 1. The molecule has 0 aromatic heterocycles. The Balaban J connectivity index is 2.20. The van der Waals surface area contributed by atoms with Crippen molar-refractivity contribution in [1.29, 1.82) is 0 Å². The van der Waals surface area contributed by atoms with Crippen LogP contribution in [0, 0.1) is 0 Å². The van der Waals surface area contributed by atoms with Crippen molar-refractivity contribution in [3.63, 3.8) is 0 Å². The molecule has 1 aromatic carbocycles. The van der Waals surface area contributed by atoms with Crippen molar-refractivity contribution in [3.8, 4) is 0 Å². The van der Waals surface area contributed by atoms with Crippen molar-refractivity contribution in [2.75, 3.05) is 39.7 Å². The van der Waals surface area contributed by atoms with Crippen molar-refractivity contribution < 1.29 is 29.0 Å². The highest BCUT2D eigenvalue weighted by molar-refractivity contribution is 6.04. The highest BCUT2D eigenvalue weighted by atomic mass is 16.5. The molecule has 3 N–H and O–H groups in total. The number of ether oxygens (including phenoxy) is 2. The van der Waals surface area contributed by atoms with E-state index in [0.29, 0.717) is 18.8 Å². The molecule has 0 radical (unpaired) electrons. The van der Waals surface area contributed by atoms with Crippen LogP contribution in [0.1, 0.15) is 20.7 Å². The lowest BCUT2D eigenvalue weighted by molar-refractivity contribution is 0.0555. The zero-order valence-electron chi connectivity index (χ0n) is 14.2. The molecule has 1 heterocycles. The van der Waals surface area contributed by atoms with Gasteiger partial charge in [-0.15, -0.1) is 0 Å². The molecule has 9 heteroatoms. The number of esters is 2. The molecule has 2 amide bonds. The van der Waals surface area contributed by atoms with Crippen molar-refractivity contribution in [2.45, 2.75) is 12.1 Å². The molecule has 136 valence electrons. The van der Waals surface area contributed by atoms with Gasteiger partial charge in [-0.3, -0.25) is 0 Å². The van der Waals surface area contributed by atoms with E-state index in [4.69, 9.17) is 0 Å². The monoisotopic (exact) mass is 351 g/mol. The lowest BCUT2D eigenvalue weighted by Crippen LogP contribution is -2.46. The minimum atomic E-state index is -0.722. The van der Waals surface area contributed by atoms with E-state index in [0.717, 1.165) is 0 Å². The number of carbonyl (C=O) groups is 3. The Kier molecular flexibility index (Phi) is 5.94. The molecule has 0 spiro atoms. The Morgan fingerprint density at radius 3 is 2.36 bits per heavy atom. The molecule has 1 fully saturated rings. The Hall–Kier alpha value is -2.65. The van der Waals surface area contributed by atoms with Gasteiger partial charge in [0.1, 0.15) is 0 Å². The lowest BCUT2D eigenvalue weighted by atomic mass is 10.1. The predicted molar refractivity (Wildman–Crippen MR) is 88.6 cm³/mol. The summed E-state index contributed by atoms with van der Waals surface area (Å²) in [7, 11) is 3.96. The number of aliphatic hydroxyl groups is 1. The van der Waals surface area contributed by atoms with Gasteiger partial charge in [-0.25, -0.2) is 14.4 Å². The standard InChI is InChI=1S/C16H21N3O6/c1-19(12-7-17-8-13(12)20)16(23)18-9-4-5-10(14(21)24-2)11(6-9)15(22)25-3/h4-6,12-13,17,20H,7-8H2,1-3H3,(H,18,23)/t12-,13-/m0/s1. The zero-order chi connectivity index (χ0) is 18.6. The summed E-state index contributed by atoms with van der Waals surface area (Å²) in [6.45, 7) is 0.905. The van der Waals surface area contributed by atoms with Crippen LogP contribution >= 0.6 is 0 Å². The highest BCUT2D eigenvalue weighted by Crippen LogP contribution is 2.19. The van der Waals surface area contributed by atoms with E-state index >= 15 is 0 Å². The van der Waals surface area contributed by atoms with Crippen LogP contribution in [0.4, 0.5) is 10.5 Å². The van der Waals surface area contributed by atoms with Gasteiger partial charge in [0, 0.05) is 25.8 Å². The molecule has 1 aliphatic rings. The average molecular weight is 351 g/mol. The number of likely N-dealkylation sites (N-methyl/N-ethyl adjacent to an activating group) is 1. The molecule has 2 atom stereocenters. The Bertz CT molecular complexity index is 678. The third kappa shape index (κ3) is 4.06. The Morgan fingerprint density at radius 1 is 1.16 bits per heavy atom. The molecule has 9 nitrogen and oxygen atoms in total. The number of hydrogen-bond donors (Lipinski definition) is 3. The zero-order valence-corrected chi connectivity index (χ0v) is 14.2. The largest absolute Gasteiger partial charge is 0.465 e. The van der Waals surface area contributed by atoms with Gasteiger partial charge in [-0.05, 0) is 18.2 Å². The Morgan fingerprint density at radius 2 is 1.80 bits per heavy atom. The van der Waals surface area contributed by atoms with Crippen molar-refractivity contribution in [1.82, 2.24) is 10.2 Å². The average Bonchev–Trinajstić information content (AvgIpc) is 3.05. The number of hydrogen-bond acceptors (Lipinski definition) is 7. The smallest absolute Gasteiger partial charge is 0.338 e. The van der Waals surface area contributed by atoms with Crippen molar-refractivity contribution in [2.24, 2.45) is 0 Å². The third-order valence-corrected chi connectivity index (χ3v) is 4.05. The fourth-order valence-electron chi connectivity index (χ4n) is 2.60. The maximum Gasteiger partial charge on any atom is 0.338 e. The third-order valence-electron chi connectivity index (χ3n) is 4.05. The highest BCUT2D eigenvalue weighted by Gasteiger charge is 2.31. The second kappa shape index (κ2) is 7.95. The summed E-state index contributed by atoms with van der Waals surface area (Å²) in [5, 5.41) is 15.5. The van der Waals surface area contributed by atoms with Gasteiger partial charge in [0.15, 0.2) is 0 Å². The molecule has 0 bridgehead atoms.